The molecule has 0 aromatic carbocycles. The Morgan fingerprint density at radius 2 is 2.50 bits per heavy atom. The molecule has 1 aliphatic heterocycles. The maximum Gasteiger partial charge on any atom is 0.237 e. The van der Waals surface area contributed by atoms with Crippen LogP contribution in [0, 0.1) is 6.92 Å². The average molecular weight is 215 g/mol. The summed E-state index contributed by atoms with van der Waals surface area (Å²) < 4.78 is 5.12. The minimum atomic E-state index is -0.0497. The fourth-order valence-corrected chi connectivity index (χ4v) is 1.85. The minimum absolute atomic E-state index is 0.0302. The van der Waals surface area contributed by atoms with Crippen molar-refractivity contribution < 1.29 is 9.32 Å². The number of carbonyl (C=O) groups excluding carboxylic acids is 1. The molecule has 2 rings (SSSR count). The largest absolute Gasteiger partial charge is 0.359 e. The van der Waals surface area contributed by atoms with Gasteiger partial charge in [0.1, 0.15) is 5.88 Å². The summed E-state index contributed by atoms with van der Waals surface area (Å²) >= 11 is 5.48. The molecular weight excluding hydrogens is 204 g/mol. The summed E-state index contributed by atoms with van der Waals surface area (Å²) in [6.45, 7) is 3.13. The van der Waals surface area contributed by atoms with E-state index in [0.29, 0.717) is 13.1 Å². The normalized spacial score (nSPS) is 15.4. The Balaban J connectivity index is 2.18. The van der Waals surface area contributed by atoms with Gasteiger partial charge < -0.3 is 9.42 Å². The minimum Gasteiger partial charge on any atom is -0.359 e. The summed E-state index contributed by atoms with van der Waals surface area (Å²) in [6.07, 6.45) is 0.813. The van der Waals surface area contributed by atoms with Crippen molar-refractivity contribution in [3.63, 3.8) is 0 Å². The van der Waals surface area contributed by atoms with Gasteiger partial charge in [-0.25, -0.2) is 0 Å². The van der Waals surface area contributed by atoms with E-state index in [0.717, 1.165) is 23.4 Å². The molecule has 1 aliphatic rings. The highest BCUT2D eigenvalue weighted by molar-refractivity contribution is 6.27. The number of fused-ring (bicyclic) bond motifs is 1. The highest BCUT2D eigenvalue weighted by Gasteiger charge is 2.24. The number of alkyl halides is 1. The van der Waals surface area contributed by atoms with E-state index in [9.17, 15) is 4.79 Å². The first-order chi connectivity index (χ1) is 6.72. The number of halogens is 1. The predicted molar refractivity (Wildman–Crippen MR) is 51.1 cm³/mol. The highest BCUT2D eigenvalue weighted by Crippen LogP contribution is 2.21. The van der Waals surface area contributed by atoms with E-state index in [1.165, 1.54) is 0 Å². The van der Waals surface area contributed by atoms with Crippen LogP contribution in [0.2, 0.25) is 0 Å². The molecule has 0 aliphatic carbocycles. The molecule has 1 aromatic rings. The first kappa shape index (κ1) is 9.52. The van der Waals surface area contributed by atoms with Crippen molar-refractivity contribution in [2.24, 2.45) is 0 Å². The lowest BCUT2D eigenvalue weighted by Gasteiger charge is -2.24. The molecule has 14 heavy (non-hydrogen) atoms. The number of nitrogens with zero attached hydrogens (tertiary/aromatic N) is 2. The monoisotopic (exact) mass is 214 g/mol. The van der Waals surface area contributed by atoms with E-state index >= 15 is 0 Å². The lowest BCUT2D eigenvalue weighted by atomic mass is 10.1. The van der Waals surface area contributed by atoms with E-state index < -0.39 is 0 Å². The van der Waals surface area contributed by atoms with Gasteiger partial charge >= 0.3 is 0 Å². The van der Waals surface area contributed by atoms with Crippen LogP contribution in [0.5, 0.6) is 0 Å². The van der Waals surface area contributed by atoms with Crippen molar-refractivity contribution >= 4 is 17.5 Å². The zero-order chi connectivity index (χ0) is 10.1. The Bertz CT molecular complexity index is 362. The fourth-order valence-electron chi connectivity index (χ4n) is 1.68. The molecule has 1 amide bonds. The van der Waals surface area contributed by atoms with Crippen LogP contribution in [0.4, 0.5) is 0 Å². The lowest BCUT2D eigenvalue weighted by molar-refractivity contribution is -0.129. The smallest absolute Gasteiger partial charge is 0.237 e. The first-order valence-electron chi connectivity index (χ1n) is 4.50. The van der Waals surface area contributed by atoms with Gasteiger partial charge in [0, 0.05) is 12.1 Å². The Morgan fingerprint density at radius 1 is 1.71 bits per heavy atom. The molecule has 0 unspecified atom stereocenters. The standard InChI is InChI=1S/C9H11ClN2O2/c1-6-7-2-3-12(9(13)4-10)5-8(7)14-11-6/h2-5H2,1H3. The first-order valence-corrected chi connectivity index (χ1v) is 5.03. The summed E-state index contributed by atoms with van der Waals surface area (Å²) in [7, 11) is 0. The van der Waals surface area contributed by atoms with E-state index in [2.05, 4.69) is 5.16 Å². The van der Waals surface area contributed by atoms with Crippen molar-refractivity contribution in [2.75, 3.05) is 12.4 Å². The topological polar surface area (TPSA) is 46.3 Å². The molecule has 1 aromatic heterocycles. The SMILES string of the molecule is Cc1noc2c1CCN(C(=O)CCl)C2. The third-order valence-corrected chi connectivity index (χ3v) is 2.73. The van der Waals surface area contributed by atoms with Gasteiger partial charge in [0.2, 0.25) is 5.91 Å². The molecule has 5 heteroatoms. The number of hydrogen-bond acceptors (Lipinski definition) is 3. The molecule has 0 radical (unpaired) electrons. The molecule has 76 valence electrons. The maximum absolute atomic E-state index is 11.3. The molecule has 4 nitrogen and oxygen atoms in total. The Kier molecular flexibility index (Phi) is 2.46. The second kappa shape index (κ2) is 3.61. The van der Waals surface area contributed by atoms with Crippen LogP contribution in [0.3, 0.4) is 0 Å². The van der Waals surface area contributed by atoms with Crippen LogP contribution < -0.4 is 0 Å². The van der Waals surface area contributed by atoms with Gasteiger partial charge in [0.25, 0.3) is 0 Å². The summed E-state index contributed by atoms with van der Waals surface area (Å²) in [5.74, 6) is 0.779. The third-order valence-electron chi connectivity index (χ3n) is 2.50. The predicted octanol–water partition coefficient (Wildman–Crippen LogP) is 1.11. The van der Waals surface area contributed by atoms with Crippen molar-refractivity contribution in [3.05, 3.63) is 17.0 Å². The zero-order valence-electron chi connectivity index (χ0n) is 7.92. The lowest BCUT2D eigenvalue weighted by Crippen LogP contribution is -2.36. The molecule has 0 atom stereocenters. The van der Waals surface area contributed by atoms with Crippen LogP contribution in [-0.2, 0) is 17.8 Å². The highest BCUT2D eigenvalue weighted by atomic mass is 35.5. The van der Waals surface area contributed by atoms with Crippen molar-refractivity contribution in [2.45, 2.75) is 19.9 Å². The summed E-state index contributed by atoms with van der Waals surface area (Å²) in [6, 6.07) is 0. The molecule has 2 heterocycles. The van der Waals surface area contributed by atoms with E-state index in [-0.39, 0.29) is 11.8 Å². The summed E-state index contributed by atoms with van der Waals surface area (Å²) in [5, 5.41) is 3.87. The van der Waals surface area contributed by atoms with Crippen LogP contribution in [0.1, 0.15) is 17.0 Å². The molecule has 0 spiro atoms. The van der Waals surface area contributed by atoms with Crippen LogP contribution >= 0.6 is 11.6 Å². The number of carbonyl (C=O) groups is 1. The molecule has 0 bridgehead atoms. The van der Waals surface area contributed by atoms with Gasteiger partial charge in [0.05, 0.1) is 12.2 Å². The van der Waals surface area contributed by atoms with Crippen molar-refractivity contribution in [3.8, 4) is 0 Å². The number of aryl methyl sites for hydroxylation is 1. The van der Waals surface area contributed by atoms with Gasteiger partial charge in [-0.3, -0.25) is 4.79 Å². The number of rotatable bonds is 1. The van der Waals surface area contributed by atoms with E-state index in [4.69, 9.17) is 16.1 Å². The average Bonchev–Trinajstić information content (AvgIpc) is 2.59. The zero-order valence-corrected chi connectivity index (χ0v) is 8.67. The van der Waals surface area contributed by atoms with Gasteiger partial charge in [-0.2, -0.15) is 0 Å². The fraction of sp³-hybridized carbons (Fsp3) is 0.556. The van der Waals surface area contributed by atoms with Crippen LogP contribution in [0.25, 0.3) is 0 Å². The summed E-state index contributed by atoms with van der Waals surface area (Å²) in [4.78, 5) is 13.0. The Hall–Kier alpha value is -1.03. The van der Waals surface area contributed by atoms with Gasteiger partial charge in [-0.15, -0.1) is 11.6 Å². The van der Waals surface area contributed by atoms with Crippen molar-refractivity contribution in [1.82, 2.24) is 10.1 Å². The second-order valence-corrected chi connectivity index (χ2v) is 3.64. The van der Waals surface area contributed by atoms with E-state index in [1.54, 1.807) is 4.90 Å². The van der Waals surface area contributed by atoms with Gasteiger partial charge in [0.15, 0.2) is 5.76 Å². The number of aromatic nitrogens is 1. The molecule has 0 saturated heterocycles. The van der Waals surface area contributed by atoms with Gasteiger partial charge in [-0.1, -0.05) is 5.16 Å². The van der Waals surface area contributed by atoms with E-state index in [1.807, 2.05) is 6.92 Å². The molecule has 0 saturated carbocycles. The Labute approximate surface area is 86.8 Å². The van der Waals surface area contributed by atoms with Crippen LogP contribution in [-0.4, -0.2) is 28.4 Å². The number of hydrogen-bond donors (Lipinski definition) is 0. The molecule has 0 N–H and O–H groups in total. The van der Waals surface area contributed by atoms with Gasteiger partial charge in [-0.05, 0) is 13.3 Å². The summed E-state index contributed by atoms with van der Waals surface area (Å²) in [5.41, 5.74) is 2.07. The Morgan fingerprint density at radius 3 is 3.21 bits per heavy atom. The molecule has 0 fully saturated rings. The second-order valence-electron chi connectivity index (χ2n) is 3.37. The van der Waals surface area contributed by atoms with Crippen molar-refractivity contribution in [1.29, 1.82) is 0 Å². The maximum atomic E-state index is 11.3. The quantitative estimate of drug-likeness (QED) is 0.658. The third kappa shape index (κ3) is 1.50. The number of amides is 1. The molecular formula is C9H11ClN2O2. The van der Waals surface area contributed by atoms with Crippen LogP contribution in [0.15, 0.2) is 4.52 Å².